The van der Waals surface area contributed by atoms with Crippen LogP contribution in [0.4, 0.5) is 0 Å². The third-order valence-electron chi connectivity index (χ3n) is 3.63. The Hall–Kier alpha value is -1.76. The first-order valence-corrected chi connectivity index (χ1v) is 8.92. The molecule has 2 aromatic rings. The normalized spacial score (nSPS) is 17.2. The summed E-state index contributed by atoms with van der Waals surface area (Å²) in [6, 6.07) is 11.7. The number of hydrogen-bond donors (Lipinski definition) is 1. The Morgan fingerprint density at radius 1 is 1.26 bits per heavy atom. The van der Waals surface area contributed by atoms with Crippen molar-refractivity contribution < 1.29 is 17.9 Å². The summed E-state index contributed by atoms with van der Waals surface area (Å²) in [5.74, 6) is 1.23. The molecule has 0 radical (unpaired) electrons. The molecule has 5 nitrogen and oxygen atoms in total. The van der Waals surface area contributed by atoms with Crippen LogP contribution in [0.3, 0.4) is 0 Å². The van der Waals surface area contributed by atoms with E-state index in [1.807, 2.05) is 24.3 Å². The summed E-state index contributed by atoms with van der Waals surface area (Å²) >= 11 is 6.00. The highest BCUT2D eigenvalue weighted by atomic mass is 35.5. The third kappa shape index (κ3) is 3.44. The lowest BCUT2D eigenvalue weighted by atomic mass is 10.0. The highest BCUT2D eigenvalue weighted by Gasteiger charge is 2.25. The second-order valence-electron chi connectivity index (χ2n) is 5.24. The molecule has 0 amide bonds. The molecule has 0 saturated carbocycles. The maximum atomic E-state index is 12.5. The fraction of sp³-hybridized carbons (Fsp3) is 0.250. The molecule has 1 N–H and O–H groups in total. The van der Waals surface area contributed by atoms with Crippen molar-refractivity contribution in [1.29, 1.82) is 0 Å². The first-order valence-electron chi connectivity index (χ1n) is 7.06. The van der Waals surface area contributed by atoms with E-state index in [2.05, 4.69) is 4.72 Å². The Bertz CT molecular complexity index is 823. The summed E-state index contributed by atoms with van der Waals surface area (Å²) in [6.07, 6.45) is 0.583. The summed E-state index contributed by atoms with van der Waals surface area (Å²) in [7, 11) is -2.20. The van der Waals surface area contributed by atoms with Gasteiger partial charge >= 0.3 is 0 Å². The van der Waals surface area contributed by atoms with E-state index in [0.717, 1.165) is 11.3 Å². The Morgan fingerprint density at radius 2 is 2.04 bits per heavy atom. The molecule has 7 heteroatoms. The number of sulfonamides is 1. The zero-order valence-electron chi connectivity index (χ0n) is 12.5. The number of rotatable bonds is 4. The quantitative estimate of drug-likeness (QED) is 0.917. The molecule has 0 fully saturated rings. The van der Waals surface area contributed by atoms with Crippen LogP contribution in [0.1, 0.15) is 5.56 Å². The van der Waals surface area contributed by atoms with Crippen molar-refractivity contribution in [3.8, 4) is 11.5 Å². The zero-order chi connectivity index (χ0) is 16.4. The van der Waals surface area contributed by atoms with E-state index >= 15 is 0 Å². The van der Waals surface area contributed by atoms with Gasteiger partial charge in [0, 0.05) is 0 Å². The SMILES string of the molecule is COc1ccc(S(=O)(=O)NC2COc3ccccc3C2)cc1Cl. The van der Waals surface area contributed by atoms with Crippen LogP contribution in [-0.2, 0) is 16.4 Å². The first kappa shape index (κ1) is 16.1. The maximum absolute atomic E-state index is 12.5. The van der Waals surface area contributed by atoms with Gasteiger partial charge in [-0.2, -0.15) is 0 Å². The van der Waals surface area contributed by atoms with Crippen molar-refractivity contribution in [2.24, 2.45) is 0 Å². The van der Waals surface area contributed by atoms with E-state index in [4.69, 9.17) is 21.1 Å². The van der Waals surface area contributed by atoms with Gasteiger partial charge in [0.05, 0.1) is 23.1 Å². The number of fused-ring (bicyclic) bond motifs is 1. The predicted molar refractivity (Wildman–Crippen MR) is 87.8 cm³/mol. The lowest BCUT2D eigenvalue weighted by Crippen LogP contribution is -2.42. The summed E-state index contributed by atoms with van der Waals surface area (Å²) in [5.41, 5.74) is 0.985. The molecule has 0 saturated heterocycles. The minimum absolute atomic E-state index is 0.0992. The molecule has 1 heterocycles. The van der Waals surface area contributed by atoms with Gasteiger partial charge < -0.3 is 9.47 Å². The van der Waals surface area contributed by atoms with Gasteiger partial charge in [0.1, 0.15) is 18.1 Å². The molecule has 1 aliphatic rings. The van der Waals surface area contributed by atoms with Crippen molar-refractivity contribution >= 4 is 21.6 Å². The topological polar surface area (TPSA) is 64.6 Å². The van der Waals surface area contributed by atoms with Crippen molar-refractivity contribution in [2.75, 3.05) is 13.7 Å². The Labute approximate surface area is 140 Å². The van der Waals surface area contributed by atoms with Crippen LogP contribution < -0.4 is 14.2 Å². The second kappa shape index (κ2) is 6.39. The van der Waals surface area contributed by atoms with E-state index in [9.17, 15) is 8.42 Å². The number of para-hydroxylation sites is 1. The number of hydrogen-bond acceptors (Lipinski definition) is 4. The summed E-state index contributed by atoms with van der Waals surface area (Å²) in [4.78, 5) is 0.0992. The van der Waals surface area contributed by atoms with E-state index in [1.54, 1.807) is 0 Å². The van der Waals surface area contributed by atoms with Crippen molar-refractivity contribution in [3.63, 3.8) is 0 Å². The average Bonchev–Trinajstić information content (AvgIpc) is 2.54. The highest BCUT2D eigenvalue weighted by molar-refractivity contribution is 7.89. The number of ether oxygens (including phenoxy) is 2. The molecule has 1 unspecified atom stereocenters. The number of methoxy groups -OCH3 is 1. The van der Waals surface area contributed by atoms with Crippen LogP contribution in [0, 0.1) is 0 Å². The fourth-order valence-electron chi connectivity index (χ4n) is 2.51. The average molecular weight is 354 g/mol. The number of nitrogens with one attached hydrogen (secondary N) is 1. The van der Waals surface area contributed by atoms with Gasteiger partial charge in [0.15, 0.2) is 0 Å². The van der Waals surface area contributed by atoms with Gasteiger partial charge in [-0.3, -0.25) is 0 Å². The largest absolute Gasteiger partial charge is 0.495 e. The molecule has 2 aromatic carbocycles. The van der Waals surface area contributed by atoms with Crippen molar-refractivity contribution in [1.82, 2.24) is 4.72 Å². The van der Waals surface area contributed by atoms with Crippen LogP contribution in [0.2, 0.25) is 5.02 Å². The minimum Gasteiger partial charge on any atom is -0.495 e. The van der Waals surface area contributed by atoms with E-state index < -0.39 is 10.0 Å². The smallest absolute Gasteiger partial charge is 0.241 e. The van der Waals surface area contributed by atoms with Crippen LogP contribution in [-0.4, -0.2) is 28.2 Å². The first-order chi connectivity index (χ1) is 11.0. The number of halogens is 1. The van der Waals surface area contributed by atoms with Crippen molar-refractivity contribution in [3.05, 3.63) is 53.1 Å². The molecular formula is C16H16ClNO4S. The molecule has 0 spiro atoms. The monoisotopic (exact) mass is 353 g/mol. The molecule has 1 aliphatic heterocycles. The van der Waals surface area contributed by atoms with Crippen LogP contribution >= 0.6 is 11.6 Å². The second-order valence-corrected chi connectivity index (χ2v) is 7.36. The summed E-state index contributed by atoms with van der Waals surface area (Å²) in [6.45, 7) is 0.292. The predicted octanol–water partition coefficient (Wildman–Crippen LogP) is 2.63. The zero-order valence-corrected chi connectivity index (χ0v) is 14.0. The Balaban J connectivity index is 1.78. The Morgan fingerprint density at radius 3 is 2.78 bits per heavy atom. The summed E-state index contributed by atoms with van der Waals surface area (Å²) < 4.78 is 38.3. The molecule has 23 heavy (non-hydrogen) atoms. The maximum Gasteiger partial charge on any atom is 0.241 e. The lowest BCUT2D eigenvalue weighted by molar-refractivity contribution is 0.254. The minimum atomic E-state index is -3.68. The van der Waals surface area contributed by atoms with Gasteiger partial charge in [-0.1, -0.05) is 29.8 Å². The van der Waals surface area contributed by atoms with Crippen molar-refractivity contribution in [2.45, 2.75) is 17.4 Å². The van der Waals surface area contributed by atoms with E-state index in [0.29, 0.717) is 18.8 Å². The molecule has 3 rings (SSSR count). The van der Waals surface area contributed by atoms with Crippen LogP contribution in [0.15, 0.2) is 47.4 Å². The molecule has 122 valence electrons. The lowest BCUT2D eigenvalue weighted by Gasteiger charge is -2.25. The van der Waals surface area contributed by atoms with Gasteiger partial charge in [-0.15, -0.1) is 0 Å². The highest BCUT2D eigenvalue weighted by Crippen LogP contribution is 2.28. The number of benzene rings is 2. The molecule has 1 atom stereocenters. The summed E-state index contributed by atoms with van der Waals surface area (Å²) in [5, 5.41) is 0.251. The molecule has 0 aromatic heterocycles. The molecule has 0 bridgehead atoms. The van der Waals surface area contributed by atoms with Crippen LogP contribution in [0.5, 0.6) is 11.5 Å². The van der Waals surface area contributed by atoms with E-state index in [1.165, 1.54) is 25.3 Å². The molecule has 0 aliphatic carbocycles. The van der Waals surface area contributed by atoms with Gasteiger partial charge in [-0.05, 0) is 36.2 Å². The van der Waals surface area contributed by atoms with Gasteiger partial charge in [-0.25, -0.2) is 13.1 Å². The third-order valence-corrected chi connectivity index (χ3v) is 5.45. The van der Waals surface area contributed by atoms with Crippen LogP contribution in [0.25, 0.3) is 0 Å². The Kier molecular flexibility index (Phi) is 4.48. The van der Waals surface area contributed by atoms with E-state index in [-0.39, 0.29) is 16.0 Å². The van der Waals surface area contributed by atoms with Gasteiger partial charge in [0.2, 0.25) is 10.0 Å². The molecular weight excluding hydrogens is 338 g/mol. The standard InChI is InChI=1S/C16H16ClNO4S/c1-21-16-7-6-13(9-14(16)17)23(19,20)18-12-8-11-4-2-3-5-15(11)22-10-12/h2-7,9,12,18H,8,10H2,1H3. The van der Waals surface area contributed by atoms with Gasteiger partial charge in [0.25, 0.3) is 0 Å². The fourth-order valence-corrected chi connectivity index (χ4v) is 4.07.